The molecule has 2 heterocycles. The number of benzene rings is 3. The van der Waals surface area contributed by atoms with Gasteiger partial charge in [-0.2, -0.15) is 0 Å². The minimum atomic E-state index is -0.212. The SMILES string of the molecule is CCOc1cc2c(cc1NC(=O)Cn1c3ccccc3c(=O)c3ccccc31)O[C@@H](C)C2. The van der Waals surface area contributed by atoms with Crippen molar-refractivity contribution in [1.82, 2.24) is 4.57 Å². The summed E-state index contributed by atoms with van der Waals surface area (Å²) in [7, 11) is 0. The fourth-order valence-electron chi connectivity index (χ4n) is 4.39. The van der Waals surface area contributed by atoms with Crippen LogP contribution in [-0.2, 0) is 17.8 Å². The van der Waals surface area contributed by atoms with E-state index >= 15 is 0 Å². The topological polar surface area (TPSA) is 69.6 Å². The van der Waals surface area contributed by atoms with E-state index in [0.717, 1.165) is 28.8 Å². The van der Waals surface area contributed by atoms with Crippen LogP contribution >= 0.6 is 0 Å². The molecule has 32 heavy (non-hydrogen) atoms. The lowest BCUT2D eigenvalue weighted by Crippen LogP contribution is -2.22. The van der Waals surface area contributed by atoms with Gasteiger partial charge in [0.2, 0.25) is 5.91 Å². The maximum atomic E-state index is 13.2. The summed E-state index contributed by atoms with van der Waals surface area (Å²) >= 11 is 0. The molecule has 4 aromatic rings. The highest BCUT2D eigenvalue weighted by Gasteiger charge is 2.23. The van der Waals surface area contributed by atoms with Crippen molar-refractivity contribution >= 4 is 33.4 Å². The first-order valence-electron chi connectivity index (χ1n) is 10.8. The molecular weight excluding hydrogens is 404 g/mol. The highest BCUT2D eigenvalue weighted by Crippen LogP contribution is 2.38. The summed E-state index contributed by atoms with van der Waals surface area (Å²) in [5, 5.41) is 4.17. The average Bonchev–Trinajstić information content (AvgIpc) is 3.16. The van der Waals surface area contributed by atoms with E-state index in [2.05, 4.69) is 5.32 Å². The first kappa shape index (κ1) is 20.1. The van der Waals surface area contributed by atoms with Gasteiger partial charge in [-0.05, 0) is 44.2 Å². The van der Waals surface area contributed by atoms with Gasteiger partial charge in [0.15, 0.2) is 5.43 Å². The van der Waals surface area contributed by atoms with Gasteiger partial charge in [0.05, 0.1) is 23.3 Å². The average molecular weight is 428 g/mol. The molecule has 0 saturated heterocycles. The third-order valence-electron chi connectivity index (χ3n) is 5.75. The maximum Gasteiger partial charge on any atom is 0.244 e. The number of nitrogens with zero attached hydrogens (tertiary/aromatic N) is 1. The van der Waals surface area contributed by atoms with Crippen LogP contribution in [0.1, 0.15) is 19.4 Å². The Bertz CT molecular complexity index is 1350. The predicted octanol–water partition coefficient (Wildman–Crippen LogP) is 4.52. The highest BCUT2D eigenvalue weighted by atomic mass is 16.5. The molecule has 0 spiro atoms. The number of carbonyl (C=O) groups excluding carboxylic acids is 1. The normalized spacial score (nSPS) is 14.9. The molecule has 1 aromatic heterocycles. The Balaban J connectivity index is 1.53. The van der Waals surface area contributed by atoms with Crippen molar-refractivity contribution in [2.24, 2.45) is 0 Å². The Morgan fingerprint density at radius 1 is 1.09 bits per heavy atom. The zero-order valence-electron chi connectivity index (χ0n) is 18.1. The van der Waals surface area contributed by atoms with Crippen LogP contribution in [-0.4, -0.2) is 23.2 Å². The molecule has 162 valence electrons. The fourth-order valence-corrected chi connectivity index (χ4v) is 4.39. The van der Waals surface area contributed by atoms with E-state index < -0.39 is 0 Å². The van der Waals surface area contributed by atoms with E-state index in [0.29, 0.717) is 28.8 Å². The van der Waals surface area contributed by atoms with Gasteiger partial charge in [-0.1, -0.05) is 24.3 Å². The number of nitrogens with one attached hydrogen (secondary N) is 1. The molecule has 0 fully saturated rings. The Morgan fingerprint density at radius 2 is 1.75 bits per heavy atom. The molecule has 0 bridgehead atoms. The predicted molar refractivity (Wildman–Crippen MR) is 126 cm³/mol. The lowest BCUT2D eigenvalue weighted by atomic mass is 10.1. The standard InChI is InChI=1S/C26H24N2O4/c1-3-31-24-13-17-12-16(2)32-23(17)14-20(24)27-25(29)15-28-21-10-6-4-8-18(21)26(30)19-9-5-7-11-22(19)28/h4-11,13-14,16H,3,12,15H2,1-2H3,(H,27,29)/t16-/m0/s1. The zero-order valence-corrected chi connectivity index (χ0v) is 18.1. The van der Waals surface area contributed by atoms with E-state index in [1.54, 1.807) is 12.1 Å². The zero-order chi connectivity index (χ0) is 22.2. The summed E-state index contributed by atoms with van der Waals surface area (Å²) in [5.41, 5.74) is 3.08. The van der Waals surface area contributed by atoms with Gasteiger partial charge in [-0.3, -0.25) is 9.59 Å². The Kier molecular flexibility index (Phi) is 5.05. The van der Waals surface area contributed by atoms with Gasteiger partial charge >= 0.3 is 0 Å². The van der Waals surface area contributed by atoms with E-state index in [-0.39, 0.29) is 24.0 Å². The number of anilines is 1. The first-order valence-corrected chi connectivity index (χ1v) is 10.8. The molecule has 1 amide bonds. The second-order valence-corrected chi connectivity index (χ2v) is 8.02. The number of rotatable bonds is 5. The summed E-state index contributed by atoms with van der Waals surface area (Å²) in [4.78, 5) is 26.1. The van der Waals surface area contributed by atoms with Crippen molar-refractivity contribution in [3.05, 3.63) is 76.5 Å². The smallest absolute Gasteiger partial charge is 0.244 e. The second-order valence-electron chi connectivity index (χ2n) is 8.02. The lowest BCUT2D eigenvalue weighted by Gasteiger charge is -2.17. The van der Waals surface area contributed by atoms with Gasteiger partial charge in [0.25, 0.3) is 0 Å². The molecule has 0 aliphatic carbocycles. The minimum absolute atomic E-state index is 0.0311. The molecule has 1 N–H and O–H groups in total. The number of aromatic nitrogens is 1. The summed E-state index contributed by atoms with van der Waals surface area (Å²) in [6.07, 6.45) is 0.920. The van der Waals surface area contributed by atoms with Crippen molar-refractivity contribution in [2.45, 2.75) is 32.9 Å². The quantitative estimate of drug-likeness (QED) is 0.475. The van der Waals surface area contributed by atoms with Crippen LogP contribution in [0.15, 0.2) is 65.5 Å². The number of ether oxygens (including phenoxy) is 2. The molecule has 3 aromatic carbocycles. The van der Waals surface area contributed by atoms with E-state index in [1.807, 2.05) is 66.9 Å². The second kappa shape index (κ2) is 8.04. The van der Waals surface area contributed by atoms with Crippen LogP contribution in [0.5, 0.6) is 11.5 Å². The van der Waals surface area contributed by atoms with E-state index in [1.165, 1.54) is 0 Å². The number of pyridine rings is 1. The van der Waals surface area contributed by atoms with Crippen molar-refractivity contribution in [3.8, 4) is 11.5 Å². The number of para-hydroxylation sites is 2. The molecule has 6 heteroatoms. The van der Waals surface area contributed by atoms with Gasteiger partial charge < -0.3 is 19.4 Å². The summed E-state index contributed by atoms with van der Waals surface area (Å²) in [6.45, 7) is 4.48. The third kappa shape index (κ3) is 3.47. The Labute approximate surface area is 185 Å². The number of hydrogen-bond acceptors (Lipinski definition) is 4. The molecule has 6 nitrogen and oxygen atoms in total. The van der Waals surface area contributed by atoms with Gasteiger partial charge in [0, 0.05) is 28.8 Å². The number of hydrogen-bond donors (Lipinski definition) is 1. The molecule has 1 aliphatic heterocycles. The fraction of sp³-hybridized carbons (Fsp3) is 0.231. The van der Waals surface area contributed by atoms with Crippen LogP contribution in [0.4, 0.5) is 5.69 Å². The van der Waals surface area contributed by atoms with E-state index in [9.17, 15) is 9.59 Å². The number of carbonyl (C=O) groups is 1. The third-order valence-corrected chi connectivity index (χ3v) is 5.75. The van der Waals surface area contributed by atoms with Crippen LogP contribution < -0.4 is 20.2 Å². The molecule has 1 atom stereocenters. The summed E-state index contributed by atoms with van der Waals surface area (Å²) in [6, 6.07) is 18.5. The summed E-state index contributed by atoms with van der Waals surface area (Å²) < 4.78 is 13.5. The lowest BCUT2D eigenvalue weighted by molar-refractivity contribution is -0.116. The number of amides is 1. The van der Waals surface area contributed by atoms with Gasteiger partial charge in [-0.25, -0.2) is 0 Å². The van der Waals surface area contributed by atoms with Crippen molar-refractivity contribution in [1.29, 1.82) is 0 Å². The molecule has 0 saturated carbocycles. The monoisotopic (exact) mass is 428 g/mol. The van der Waals surface area contributed by atoms with E-state index in [4.69, 9.17) is 9.47 Å². The first-order chi connectivity index (χ1) is 15.5. The summed E-state index contributed by atoms with van der Waals surface area (Å²) in [5.74, 6) is 1.19. The molecular formula is C26H24N2O4. The van der Waals surface area contributed by atoms with Crippen LogP contribution in [0.2, 0.25) is 0 Å². The minimum Gasteiger partial charge on any atom is -0.492 e. The molecule has 0 unspecified atom stereocenters. The Hall–Kier alpha value is -3.80. The Morgan fingerprint density at radius 3 is 2.41 bits per heavy atom. The van der Waals surface area contributed by atoms with Crippen LogP contribution in [0.3, 0.4) is 0 Å². The maximum absolute atomic E-state index is 13.2. The molecule has 0 radical (unpaired) electrons. The van der Waals surface area contributed by atoms with Gasteiger partial charge in [0.1, 0.15) is 24.1 Å². The van der Waals surface area contributed by atoms with Crippen molar-refractivity contribution in [2.75, 3.05) is 11.9 Å². The van der Waals surface area contributed by atoms with Crippen molar-refractivity contribution < 1.29 is 14.3 Å². The molecule has 1 aliphatic rings. The van der Waals surface area contributed by atoms with Crippen LogP contribution in [0, 0.1) is 0 Å². The molecule has 5 rings (SSSR count). The highest BCUT2D eigenvalue weighted by molar-refractivity contribution is 5.98. The van der Waals surface area contributed by atoms with Crippen molar-refractivity contribution in [3.63, 3.8) is 0 Å². The van der Waals surface area contributed by atoms with Crippen LogP contribution in [0.25, 0.3) is 21.8 Å². The van der Waals surface area contributed by atoms with Gasteiger partial charge in [-0.15, -0.1) is 0 Å². The number of fused-ring (bicyclic) bond motifs is 3. The largest absolute Gasteiger partial charge is 0.492 e.